The van der Waals surface area contributed by atoms with Gasteiger partial charge in [-0.2, -0.15) is 0 Å². The lowest BCUT2D eigenvalue weighted by molar-refractivity contribution is -0.384. The molecule has 2 aromatic rings. The Morgan fingerprint density at radius 3 is 2.29 bits per heavy atom. The number of nitrogens with zero attached hydrogens (tertiary/aromatic N) is 1. The first-order valence-electron chi connectivity index (χ1n) is 6.66. The maximum Gasteiger partial charge on any atom is 0.292 e. The van der Waals surface area contributed by atoms with Crippen molar-refractivity contribution in [1.29, 1.82) is 0 Å². The Labute approximate surface area is 128 Å². The molecule has 0 saturated heterocycles. The molecule has 0 heterocycles. The monoisotopic (exact) mass is 304 g/mol. The van der Waals surface area contributed by atoms with Crippen molar-refractivity contribution in [2.75, 3.05) is 5.32 Å². The van der Waals surface area contributed by atoms with Crippen molar-refractivity contribution in [1.82, 2.24) is 0 Å². The van der Waals surface area contributed by atoms with Crippen LogP contribution < -0.4 is 5.32 Å². The number of hydrogen-bond acceptors (Lipinski definition) is 3. The number of nitro benzene ring substituents is 1. The molecule has 2 aromatic carbocycles. The van der Waals surface area contributed by atoms with Crippen molar-refractivity contribution in [3.8, 4) is 0 Å². The lowest BCUT2D eigenvalue weighted by Crippen LogP contribution is -2.09. The number of aryl methyl sites for hydroxylation is 2. The second kappa shape index (κ2) is 6.14. The molecule has 0 spiro atoms. The van der Waals surface area contributed by atoms with Crippen LogP contribution in [0.15, 0.2) is 36.4 Å². The third-order valence-corrected chi connectivity index (χ3v) is 3.80. The number of halogens is 1. The Morgan fingerprint density at radius 2 is 1.71 bits per heavy atom. The van der Waals surface area contributed by atoms with Gasteiger partial charge in [-0.15, -0.1) is 0 Å². The van der Waals surface area contributed by atoms with E-state index in [1.54, 1.807) is 6.07 Å². The Balaban J connectivity index is 2.32. The highest BCUT2D eigenvalue weighted by Crippen LogP contribution is 2.31. The Morgan fingerprint density at radius 1 is 1.14 bits per heavy atom. The zero-order valence-corrected chi connectivity index (χ0v) is 12.9. The van der Waals surface area contributed by atoms with Gasteiger partial charge in [0.05, 0.1) is 4.92 Å². The molecule has 0 aliphatic carbocycles. The van der Waals surface area contributed by atoms with Crippen LogP contribution in [0.25, 0.3) is 0 Å². The minimum atomic E-state index is -0.358. The van der Waals surface area contributed by atoms with Crippen molar-refractivity contribution in [3.05, 3.63) is 68.2 Å². The van der Waals surface area contributed by atoms with E-state index in [1.165, 1.54) is 0 Å². The highest BCUT2D eigenvalue weighted by Gasteiger charge is 2.17. The third-order valence-electron chi connectivity index (χ3n) is 3.55. The van der Waals surface area contributed by atoms with Crippen LogP contribution in [0.5, 0.6) is 0 Å². The van der Waals surface area contributed by atoms with Crippen LogP contribution in [0.1, 0.15) is 29.7 Å². The van der Waals surface area contributed by atoms with Gasteiger partial charge in [-0.1, -0.05) is 23.7 Å². The van der Waals surface area contributed by atoms with Gasteiger partial charge in [0, 0.05) is 17.1 Å². The fourth-order valence-electron chi connectivity index (χ4n) is 2.14. The van der Waals surface area contributed by atoms with Gasteiger partial charge in [0.15, 0.2) is 0 Å². The molecule has 110 valence electrons. The van der Waals surface area contributed by atoms with Gasteiger partial charge in [0.25, 0.3) is 5.69 Å². The molecule has 0 amide bonds. The average molecular weight is 305 g/mol. The minimum absolute atomic E-state index is 0.0527. The van der Waals surface area contributed by atoms with Gasteiger partial charge in [-0.25, -0.2) is 0 Å². The molecule has 0 bridgehead atoms. The second-order valence-corrected chi connectivity index (χ2v) is 5.56. The summed E-state index contributed by atoms with van der Waals surface area (Å²) in [7, 11) is 0. The summed E-state index contributed by atoms with van der Waals surface area (Å²) in [6.07, 6.45) is 0. The topological polar surface area (TPSA) is 55.2 Å². The Bertz CT molecular complexity index is 669. The first-order valence-corrected chi connectivity index (χ1v) is 7.04. The van der Waals surface area contributed by atoms with Crippen molar-refractivity contribution in [2.45, 2.75) is 26.8 Å². The third kappa shape index (κ3) is 3.52. The Kier molecular flexibility index (Phi) is 4.48. The number of nitro groups is 1. The van der Waals surface area contributed by atoms with Crippen LogP contribution >= 0.6 is 11.6 Å². The van der Waals surface area contributed by atoms with E-state index in [1.807, 2.05) is 51.1 Å². The molecule has 0 saturated carbocycles. The summed E-state index contributed by atoms with van der Waals surface area (Å²) >= 11 is 5.87. The molecule has 0 aromatic heterocycles. The first kappa shape index (κ1) is 15.3. The predicted octanol–water partition coefficient (Wildman–Crippen LogP) is 5.04. The van der Waals surface area contributed by atoms with Crippen molar-refractivity contribution in [3.63, 3.8) is 0 Å². The highest BCUT2D eigenvalue weighted by atomic mass is 35.5. The molecule has 0 fully saturated rings. The van der Waals surface area contributed by atoms with Gasteiger partial charge in [-0.05, 0) is 55.7 Å². The minimum Gasteiger partial charge on any atom is -0.373 e. The number of anilines is 1. The molecule has 5 heteroatoms. The zero-order valence-electron chi connectivity index (χ0n) is 12.2. The summed E-state index contributed by atoms with van der Waals surface area (Å²) in [5, 5.41) is 15.1. The molecule has 1 atom stereocenters. The van der Waals surface area contributed by atoms with E-state index in [2.05, 4.69) is 5.32 Å². The molecular formula is C16H17ClN2O2. The number of hydrogen-bond donors (Lipinski definition) is 1. The van der Waals surface area contributed by atoms with Gasteiger partial charge < -0.3 is 5.32 Å². The first-order chi connectivity index (χ1) is 9.88. The van der Waals surface area contributed by atoms with Crippen LogP contribution in [-0.2, 0) is 0 Å². The van der Waals surface area contributed by atoms with Crippen molar-refractivity contribution in [2.24, 2.45) is 0 Å². The fourth-order valence-corrected chi connectivity index (χ4v) is 2.26. The van der Waals surface area contributed by atoms with E-state index in [0.29, 0.717) is 10.7 Å². The molecular weight excluding hydrogens is 288 g/mol. The number of nitrogens with one attached hydrogen (secondary N) is 1. The van der Waals surface area contributed by atoms with Crippen LogP contribution in [0.4, 0.5) is 11.4 Å². The second-order valence-electron chi connectivity index (χ2n) is 5.13. The highest BCUT2D eigenvalue weighted by molar-refractivity contribution is 6.30. The van der Waals surface area contributed by atoms with Crippen LogP contribution in [-0.4, -0.2) is 4.92 Å². The zero-order chi connectivity index (χ0) is 15.6. The van der Waals surface area contributed by atoms with Gasteiger partial charge in [0.1, 0.15) is 5.69 Å². The summed E-state index contributed by atoms with van der Waals surface area (Å²) in [4.78, 5) is 10.8. The van der Waals surface area contributed by atoms with Crippen LogP contribution in [0.2, 0.25) is 5.02 Å². The molecule has 4 nitrogen and oxygen atoms in total. The molecule has 0 radical (unpaired) electrons. The van der Waals surface area contributed by atoms with Gasteiger partial charge in [-0.3, -0.25) is 10.1 Å². The van der Waals surface area contributed by atoms with E-state index in [9.17, 15) is 10.1 Å². The molecule has 21 heavy (non-hydrogen) atoms. The summed E-state index contributed by atoms with van der Waals surface area (Å²) in [6, 6.07) is 10.8. The summed E-state index contributed by atoms with van der Waals surface area (Å²) in [5.41, 5.74) is 3.58. The lowest BCUT2D eigenvalue weighted by atomic mass is 10.1. The molecule has 0 aliphatic heterocycles. The number of rotatable bonds is 4. The number of benzene rings is 2. The van der Waals surface area contributed by atoms with E-state index >= 15 is 0 Å². The molecule has 1 N–H and O–H groups in total. The fraction of sp³-hybridized carbons (Fsp3) is 0.250. The average Bonchev–Trinajstić information content (AvgIpc) is 2.43. The van der Waals surface area contributed by atoms with Gasteiger partial charge in [0.2, 0.25) is 0 Å². The van der Waals surface area contributed by atoms with E-state index in [0.717, 1.165) is 16.7 Å². The van der Waals surface area contributed by atoms with Gasteiger partial charge >= 0.3 is 0 Å². The smallest absolute Gasteiger partial charge is 0.292 e. The normalized spacial score (nSPS) is 12.0. The molecule has 2 rings (SSSR count). The SMILES string of the molecule is Cc1cc(NC(C)c2ccc(Cl)cc2)c([N+](=O)[O-])cc1C. The largest absolute Gasteiger partial charge is 0.373 e. The van der Waals surface area contributed by atoms with Crippen LogP contribution in [0.3, 0.4) is 0 Å². The van der Waals surface area contributed by atoms with Crippen LogP contribution in [0, 0.1) is 24.0 Å². The van der Waals surface area contributed by atoms with E-state index < -0.39 is 0 Å². The summed E-state index contributed by atoms with van der Waals surface area (Å²) < 4.78 is 0. The summed E-state index contributed by atoms with van der Waals surface area (Å²) in [5.74, 6) is 0. The maximum absolute atomic E-state index is 11.2. The molecule has 1 unspecified atom stereocenters. The quantitative estimate of drug-likeness (QED) is 0.636. The lowest BCUT2D eigenvalue weighted by Gasteiger charge is -2.17. The predicted molar refractivity (Wildman–Crippen MR) is 86.1 cm³/mol. The van der Waals surface area contributed by atoms with E-state index in [4.69, 9.17) is 11.6 Å². The summed E-state index contributed by atoms with van der Waals surface area (Å²) in [6.45, 7) is 5.77. The van der Waals surface area contributed by atoms with E-state index in [-0.39, 0.29) is 16.7 Å². The standard InChI is InChI=1S/C16H17ClN2O2/c1-10-8-15(16(19(20)21)9-11(10)2)18-12(3)13-4-6-14(17)7-5-13/h4-9,12,18H,1-3H3. The Hall–Kier alpha value is -2.07. The van der Waals surface area contributed by atoms with Crippen molar-refractivity contribution >= 4 is 23.0 Å². The van der Waals surface area contributed by atoms with Crippen molar-refractivity contribution < 1.29 is 4.92 Å². The maximum atomic E-state index is 11.2. The molecule has 0 aliphatic rings.